The topological polar surface area (TPSA) is 41.1 Å². The van der Waals surface area contributed by atoms with Crippen LogP contribution in [0.25, 0.3) is 0 Å². The quantitative estimate of drug-likeness (QED) is 0.705. The smallest absolute Gasteiger partial charge is 0.319 e. The number of nitrogens with one attached hydrogen (secondary N) is 2. The normalized spacial score (nSPS) is 9.21. The third-order valence-electron chi connectivity index (χ3n) is 1.72. The Balaban J connectivity index is 2.47. The van der Waals surface area contributed by atoms with Gasteiger partial charge in [0.05, 0.1) is 0 Å². The number of hydrogen-bond donors (Lipinski definition) is 2. The molecule has 0 spiro atoms. The maximum atomic E-state index is 11.2. The lowest BCUT2D eigenvalue weighted by Crippen LogP contribution is -2.28. The van der Waals surface area contributed by atoms with Gasteiger partial charge in [-0.05, 0) is 19.1 Å². The van der Waals surface area contributed by atoms with Crippen LogP contribution in [0, 0.1) is 6.92 Å². The van der Waals surface area contributed by atoms with E-state index < -0.39 is 0 Å². The number of aryl methyl sites for hydroxylation is 1. The van der Waals surface area contributed by atoms with Crippen molar-refractivity contribution in [2.45, 2.75) is 6.92 Å². The fourth-order valence-corrected chi connectivity index (χ4v) is 0.977. The van der Waals surface area contributed by atoms with E-state index >= 15 is 0 Å². The molecule has 0 unspecified atom stereocenters. The second-order valence-electron chi connectivity index (χ2n) is 2.99. The molecular weight excluding hydrogens is 176 g/mol. The molecule has 0 saturated carbocycles. The Morgan fingerprint density at radius 2 is 2.07 bits per heavy atom. The van der Waals surface area contributed by atoms with Crippen molar-refractivity contribution in [3.05, 3.63) is 42.5 Å². The van der Waals surface area contributed by atoms with E-state index in [2.05, 4.69) is 17.2 Å². The molecule has 0 fully saturated rings. The number of benzene rings is 1. The summed E-state index contributed by atoms with van der Waals surface area (Å²) < 4.78 is 0. The molecule has 1 aromatic rings. The maximum absolute atomic E-state index is 11.2. The van der Waals surface area contributed by atoms with Crippen molar-refractivity contribution in [2.75, 3.05) is 11.9 Å². The Hall–Kier alpha value is -1.77. The summed E-state index contributed by atoms with van der Waals surface area (Å²) in [5.41, 5.74) is 1.96. The van der Waals surface area contributed by atoms with Gasteiger partial charge in [-0.2, -0.15) is 0 Å². The molecule has 0 heterocycles. The molecule has 3 heteroatoms. The first-order chi connectivity index (χ1) is 6.72. The highest BCUT2D eigenvalue weighted by molar-refractivity contribution is 5.89. The Morgan fingerprint density at radius 3 is 2.64 bits per heavy atom. The van der Waals surface area contributed by atoms with Gasteiger partial charge in [0.25, 0.3) is 0 Å². The Morgan fingerprint density at radius 1 is 1.43 bits per heavy atom. The van der Waals surface area contributed by atoms with E-state index in [4.69, 9.17) is 0 Å². The average molecular weight is 190 g/mol. The summed E-state index contributed by atoms with van der Waals surface area (Å²) in [7, 11) is 0. The first kappa shape index (κ1) is 10.3. The van der Waals surface area contributed by atoms with Crippen LogP contribution in [0.4, 0.5) is 10.5 Å². The van der Waals surface area contributed by atoms with Crippen LogP contribution in [0.15, 0.2) is 36.9 Å². The van der Waals surface area contributed by atoms with Gasteiger partial charge in [-0.25, -0.2) is 4.79 Å². The van der Waals surface area contributed by atoms with Crippen molar-refractivity contribution in [2.24, 2.45) is 0 Å². The highest BCUT2D eigenvalue weighted by Crippen LogP contribution is 2.07. The summed E-state index contributed by atoms with van der Waals surface area (Å²) in [5, 5.41) is 5.33. The molecule has 0 atom stereocenters. The van der Waals surface area contributed by atoms with Crippen LogP contribution in [0.3, 0.4) is 0 Å². The van der Waals surface area contributed by atoms with Crippen molar-refractivity contribution in [1.29, 1.82) is 0 Å². The van der Waals surface area contributed by atoms with Gasteiger partial charge in [0.2, 0.25) is 0 Å². The molecule has 0 aliphatic rings. The van der Waals surface area contributed by atoms with Crippen LogP contribution in [0.2, 0.25) is 0 Å². The van der Waals surface area contributed by atoms with Crippen LogP contribution < -0.4 is 10.6 Å². The molecule has 0 aliphatic carbocycles. The third kappa shape index (κ3) is 3.31. The predicted octanol–water partition coefficient (Wildman–Crippen LogP) is 2.30. The van der Waals surface area contributed by atoms with Gasteiger partial charge in [0.1, 0.15) is 0 Å². The fraction of sp³-hybridized carbons (Fsp3) is 0.182. The van der Waals surface area contributed by atoms with Crippen molar-refractivity contribution in [3.63, 3.8) is 0 Å². The molecule has 0 aliphatic heterocycles. The Labute approximate surface area is 83.8 Å². The fourth-order valence-electron chi connectivity index (χ4n) is 0.977. The van der Waals surface area contributed by atoms with Gasteiger partial charge in [-0.15, -0.1) is 6.58 Å². The van der Waals surface area contributed by atoms with E-state index in [1.165, 1.54) is 5.56 Å². The largest absolute Gasteiger partial charge is 0.334 e. The molecule has 1 aromatic carbocycles. The number of rotatable bonds is 3. The highest BCUT2D eigenvalue weighted by atomic mass is 16.2. The third-order valence-corrected chi connectivity index (χ3v) is 1.72. The van der Waals surface area contributed by atoms with Gasteiger partial charge in [-0.1, -0.05) is 23.8 Å². The minimum absolute atomic E-state index is 0.214. The summed E-state index contributed by atoms with van der Waals surface area (Å²) >= 11 is 0. The van der Waals surface area contributed by atoms with Gasteiger partial charge in [-0.3, -0.25) is 0 Å². The van der Waals surface area contributed by atoms with E-state index in [-0.39, 0.29) is 6.03 Å². The molecule has 74 valence electrons. The zero-order valence-electron chi connectivity index (χ0n) is 8.21. The molecule has 0 saturated heterocycles. The number of carbonyl (C=O) groups excluding carboxylic acids is 1. The van der Waals surface area contributed by atoms with Crippen molar-refractivity contribution >= 4 is 11.7 Å². The van der Waals surface area contributed by atoms with E-state index in [0.29, 0.717) is 6.54 Å². The molecule has 0 bridgehead atoms. The first-order valence-corrected chi connectivity index (χ1v) is 4.45. The molecule has 3 nitrogen and oxygen atoms in total. The summed E-state index contributed by atoms with van der Waals surface area (Å²) in [6.45, 7) is 5.98. The predicted molar refractivity (Wildman–Crippen MR) is 58.4 cm³/mol. The molecule has 14 heavy (non-hydrogen) atoms. The summed E-state index contributed by atoms with van der Waals surface area (Å²) in [5.74, 6) is 0. The van der Waals surface area contributed by atoms with E-state index in [1.807, 2.05) is 31.2 Å². The van der Waals surface area contributed by atoms with Crippen molar-refractivity contribution < 1.29 is 4.79 Å². The summed E-state index contributed by atoms with van der Waals surface area (Å²) in [6.07, 6.45) is 1.63. The summed E-state index contributed by atoms with van der Waals surface area (Å²) in [6, 6.07) is 7.41. The van der Waals surface area contributed by atoms with Crippen LogP contribution >= 0.6 is 0 Å². The van der Waals surface area contributed by atoms with E-state index in [0.717, 1.165) is 5.69 Å². The highest BCUT2D eigenvalue weighted by Gasteiger charge is 1.98. The zero-order valence-corrected chi connectivity index (χ0v) is 8.21. The second kappa shape index (κ2) is 5.07. The number of hydrogen-bond acceptors (Lipinski definition) is 1. The molecule has 2 amide bonds. The lowest BCUT2D eigenvalue weighted by atomic mass is 10.2. The van der Waals surface area contributed by atoms with Crippen LogP contribution in [0.5, 0.6) is 0 Å². The van der Waals surface area contributed by atoms with Crippen molar-refractivity contribution in [1.82, 2.24) is 5.32 Å². The molecule has 0 aromatic heterocycles. The SMILES string of the molecule is C=CCNC(=O)Nc1ccc(C)cc1. The molecule has 2 N–H and O–H groups in total. The summed E-state index contributed by atoms with van der Waals surface area (Å²) in [4.78, 5) is 11.2. The lowest BCUT2D eigenvalue weighted by molar-refractivity contribution is 0.253. The number of urea groups is 1. The lowest BCUT2D eigenvalue weighted by Gasteiger charge is -2.05. The van der Waals surface area contributed by atoms with E-state index in [1.54, 1.807) is 6.08 Å². The minimum Gasteiger partial charge on any atom is -0.334 e. The van der Waals surface area contributed by atoms with Gasteiger partial charge in [0, 0.05) is 12.2 Å². The van der Waals surface area contributed by atoms with Crippen molar-refractivity contribution in [3.8, 4) is 0 Å². The monoisotopic (exact) mass is 190 g/mol. The zero-order chi connectivity index (χ0) is 10.4. The minimum atomic E-state index is -0.214. The first-order valence-electron chi connectivity index (χ1n) is 4.45. The Kier molecular flexibility index (Phi) is 3.73. The maximum Gasteiger partial charge on any atom is 0.319 e. The second-order valence-corrected chi connectivity index (χ2v) is 2.99. The number of anilines is 1. The number of amides is 2. The van der Waals surface area contributed by atoms with Gasteiger partial charge >= 0.3 is 6.03 Å². The standard InChI is InChI=1S/C11H14N2O/c1-3-8-12-11(14)13-10-6-4-9(2)5-7-10/h3-7H,1,8H2,2H3,(H2,12,13,14). The van der Waals surface area contributed by atoms with Crippen LogP contribution in [-0.4, -0.2) is 12.6 Å². The molecule has 1 rings (SSSR count). The van der Waals surface area contributed by atoms with Gasteiger partial charge < -0.3 is 10.6 Å². The average Bonchev–Trinajstić information content (AvgIpc) is 2.18. The van der Waals surface area contributed by atoms with Crippen LogP contribution in [-0.2, 0) is 0 Å². The van der Waals surface area contributed by atoms with E-state index in [9.17, 15) is 4.79 Å². The Bertz CT molecular complexity index is 317. The molecular formula is C11H14N2O. The number of carbonyl (C=O) groups is 1. The van der Waals surface area contributed by atoms with Gasteiger partial charge in [0.15, 0.2) is 0 Å². The molecule has 0 radical (unpaired) electrons. The van der Waals surface area contributed by atoms with Crippen LogP contribution in [0.1, 0.15) is 5.56 Å².